The molecule has 2 saturated carbocycles. The van der Waals surface area contributed by atoms with Gasteiger partial charge < -0.3 is 0 Å². The van der Waals surface area contributed by atoms with Gasteiger partial charge in [-0.3, -0.25) is 0 Å². The second-order valence-corrected chi connectivity index (χ2v) is 10.7. The first-order valence-electron chi connectivity index (χ1n) is 13.3. The summed E-state index contributed by atoms with van der Waals surface area (Å²) >= 11 is 0. The van der Waals surface area contributed by atoms with Crippen molar-refractivity contribution in [2.24, 2.45) is 17.8 Å². The van der Waals surface area contributed by atoms with Crippen LogP contribution < -0.4 is 0 Å². The summed E-state index contributed by atoms with van der Waals surface area (Å²) in [7, 11) is 0. The number of hydrogen-bond donors (Lipinski definition) is 0. The van der Waals surface area contributed by atoms with E-state index in [9.17, 15) is 0 Å². The Hall–Kier alpha value is -1.37. The number of rotatable bonds is 7. The third kappa shape index (κ3) is 5.01. The van der Waals surface area contributed by atoms with E-state index >= 15 is 4.39 Å². The summed E-state index contributed by atoms with van der Waals surface area (Å²) in [5.41, 5.74) is 1.46. The molecule has 0 amide bonds. The van der Waals surface area contributed by atoms with Crippen molar-refractivity contribution in [3.8, 4) is 0 Å². The number of halogens is 1. The summed E-state index contributed by atoms with van der Waals surface area (Å²) in [6, 6.07) is 8.85. The molecule has 2 fully saturated rings. The van der Waals surface area contributed by atoms with Crippen LogP contribution >= 0.6 is 0 Å². The van der Waals surface area contributed by atoms with Crippen molar-refractivity contribution in [2.75, 3.05) is 0 Å². The summed E-state index contributed by atoms with van der Waals surface area (Å²) in [6.45, 7) is 4.58. The molecule has 0 spiro atoms. The predicted octanol–water partition coefficient (Wildman–Crippen LogP) is 9.28. The fourth-order valence-corrected chi connectivity index (χ4v) is 7.00. The Morgan fingerprint density at radius 3 is 1.97 bits per heavy atom. The molecule has 2 atom stereocenters. The lowest BCUT2D eigenvalue weighted by atomic mass is 9.64. The number of allylic oxidation sites excluding steroid dienone is 4. The van der Waals surface area contributed by atoms with Crippen LogP contribution in [0, 0.1) is 17.8 Å². The first-order valence-corrected chi connectivity index (χ1v) is 13.3. The van der Waals surface area contributed by atoms with Crippen LogP contribution in [0.5, 0.6) is 0 Å². The minimum absolute atomic E-state index is 0.130. The second kappa shape index (κ2) is 10.5. The Labute approximate surface area is 190 Å². The normalized spacial score (nSPS) is 35.9. The molecule has 0 radical (unpaired) electrons. The Morgan fingerprint density at radius 1 is 0.774 bits per heavy atom. The molecule has 0 heterocycles. The van der Waals surface area contributed by atoms with Gasteiger partial charge in [-0.1, -0.05) is 94.9 Å². The first-order chi connectivity index (χ1) is 15.2. The van der Waals surface area contributed by atoms with E-state index in [0.717, 1.165) is 24.7 Å². The van der Waals surface area contributed by atoms with Crippen molar-refractivity contribution in [3.63, 3.8) is 0 Å². The standard InChI is InChI=1S/C30H43F/c1-3-9-23-14-18-25(19-15-23)27-11-5-6-12-28(27)29-13-7-8-22-30(29,31)26-20-16-24(10-4-2)17-21-26/h5-8,11-13,22-26,29H,3-4,9-10,14-21H2,1-2H3. The molecular weight excluding hydrogens is 379 g/mol. The molecular formula is C30H43F. The van der Waals surface area contributed by atoms with Crippen molar-refractivity contribution in [1.29, 1.82) is 0 Å². The van der Waals surface area contributed by atoms with Crippen LogP contribution in [0.3, 0.4) is 0 Å². The molecule has 1 aromatic rings. The third-order valence-corrected chi connectivity index (χ3v) is 8.73. The SMILES string of the molecule is CCCC1CCC(c2ccccc2C2C=CC=CC2(F)C2CCC(CCC)CC2)CC1. The molecule has 0 aliphatic heterocycles. The average molecular weight is 423 g/mol. The largest absolute Gasteiger partial charge is 0.238 e. The van der Waals surface area contributed by atoms with Crippen LogP contribution in [0.25, 0.3) is 0 Å². The van der Waals surface area contributed by atoms with Crippen LogP contribution in [0.2, 0.25) is 0 Å². The smallest absolute Gasteiger partial charge is 0.142 e. The molecule has 3 aliphatic carbocycles. The molecule has 0 nitrogen and oxygen atoms in total. The monoisotopic (exact) mass is 422 g/mol. The van der Waals surface area contributed by atoms with Gasteiger partial charge in [0.2, 0.25) is 0 Å². The Morgan fingerprint density at radius 2 is 1.35 bits per heavy atom. The lowest BCUT2D eigenvalue weighted by Crippen LogP contribution is -2.40. The minimum atomic E-state index is -1.23. The van der Waals surface area contributed by atoms with Gasteiger partial charge in [0.15, 0.2) is 0 Å². The molecule has 170 valence electrons. The summed E-state index contributed by atoms with van der Waals surface area (Å²) in [5, 5.41) is 0. The topological polar surface area (TPSA) is 0 Å². The summed E-state index contributed by atoms with van der Waals surface area (Å²) in [5.74, 6) is 2.35. The van der Waals surface area contributed by atoms with Gasteiger partial charge in [-0.05, 0) is 79.4 Å². The molecule has 0 N–H and O–H groups in total. The first kappa shape index (κ1) is 22.8. The fraction of sp³-hybridized carbons (Fsp3) is 0.667. The quantitative estimate of drug-likeness (QED) is 0.410. The van der Waals surface area contributed by atoms with Gasteiger partial charge in [-0.25, -0.2) is 4.39 Å². The van der Waals surface area contributed by atoms with Crippen molar-refractivity contribution in [1.82, 2.24) is 0 Å². The number of hydrogen-bond acceptors (Lipinski definition) is 0. The maximum atomic E-state index is 16.9. The molecule has 31 heavy (non-hydrogen) atoms. The molecule has 2 unspecified atom stereocenters. The van der Waals surface area contributed by atoms with E-state index in [1.807, 2.05) is 12.2 Å². The molecule has 3 aliphatic rings. The van der Waals surface area contributed by atoms with E-state index < -0.39 is 5.67 Å². The lowest BCUT2D eigenvalue weighted by Gasteiger charge is -2.43. The summed E-state index contributed by atoms with van der Waals surface area (Å²) in [6.07, 6.45) is 23.1. The zero-order chi connectivity index (χ0) is 21.7. The van der Waals surface area contributed by atoms with Crippen LogP contribution in [0.15, 0.2) is 48.6 Å². The molecule has 4 rings (SSSR count). The van der Waals surface area contributed by atoms with E-state index in [4.69, 9.17) is 0 Å². The van der Waals surface area contributed by atoms with Crippen LogP contribution in [-0.4, -0.2) is 5.67 Å². The van der Waals surface area contributed by atoms with Crippen molar-refractivity contribution in [3.05, 3.63) is 59.7 Å². The highest BCUT2D eigenvalue weighted by Gasteiger charge is 2.46. The highest BCUT2D eigenvalue weighted by molar-refractivity contribution is 5.42. The van der Waals surface area contributed by atoms with Crippen molar-refractivity contribution in [2.45, 2.75) is 108 Å². The van der Waals surface area contributed by atoms with Crippen molar-refractivity contribution >= 4 is 0 Å². The predicted molar refractivity (Wildman–Crippen MR) is 131 cm³/mol. The van der Waals surface area contributed by atoms with Crippen molar-refractivity contribution < 1.29 is 4.39 Å². The van der Waals surface area contributed by atoms with Gasteiger partial charge in [-0.2, -0.15) is 0 Å². The zero-order valence-corrected chi connectivity index (χ0v) is 19.9. The molecule has 0 bridgehead atoms. The second-order valence-electron chi connectivity index (χ2n) is 10.7. The van der Waals surface area contributed by atoms with Gasteiger partial charge in [0.1, 0.15) is 5.67 Å². The fourth-order valence-electron chi connectivity index (χ4n) is 7.00. The molecule has 1 heteroatoms. The van der Waals surface area contributed by atoms with Gasteiger partial charge in [0.25, 0.3) is 0 Å². The average Bonchev–Trinajstić information content (AvgIpc) is 2.81. The molecule has 0 saturated heterocycles. The number of benzene rings is 1. The maximum absolute atomic E-state index is 16.9. The van der Waals surface area contributed by atoms with Gasteiger partial charge >= 0.3 is 0 Å². The van der Waals surface area contributed by atoms with E-state index in [1.54, 1.807) is 0 Å². The van der Waals surface area contributed by atoms with Crippen LogP contribution in [0.4, 0.5) is 4.39 Å². The van der Waals surface area contributed by atoms with E-state index in [1.165, 1.54) is 75.3 Å². The van der Waals surface area contributed by atoms with Gasteiger partial charge in [0, 0.05) is 5.92 Å². The maximum Gasteiger partial charge on any atom is 0.142 e. The van der Waals surface area contributed by atoms with Crippen LogP contribution in [0.1, 0.15) is 114 Å². The van der Waals surface area contributed by atoms with E-state index in [0.29, 0.717) is 5.92 Å². The highest BCUT2D eigenvalue weighted by Crippen LogP contribution is 2.51. The summed E-state index contributed by atoms with van der Waals surface area (Å²) in [4.78, 5) is 0. The van der Waals surface area contributed by atoms with Gasteiger partial charge in [0.05, 0.1) is 0 Å². The van der Waals surface area contributed by atoms with E-state index in [-0.39, 0.29) is 11.8 Å². The highest BCUT2D eigenvalue weighted by atomic mass is 19.1. The summed E-state index contributed by atoms with van der Waals surface area (Å²) < 4.78 is 16.9. The Bertz CT molecular complexity index is 745. The van der Waals surface area contributed by atoms with Crippen LogP contribution in [-0.2, 0) is 0 Å². The van der Waals surface area contributed by atoms with Gasteiger partial charge in [-0.15, -0.1) is 0 Å². The molecule has 1 aromatic carbocycles. The lowest BCUT2D eigenvalue weighted by molar-refractivity contribution is 0.0730. The Kier molecular flexibility index (Phi) is 7.72. The minimum Gasteiger partial charge on any atom is -0.238 e. The Balaban J connectivity index is 1.54. The molecule has 0 aromatic heterocycles. The number of alkyl halides is 1. The zero-order valence-electron chi connectivity index (χ0n) is 19.9. The van der Waals surface area contributed by atoms with E-state index in [2.05, 4.69) is 50.3 Å². The third-order valence-electron chi connectivity index (χ3n) is 8.73.